The highest BCUT2D eigenvalue weighted by Gasteiger charge is 2.19. The van der Waals surface area contributed by atoms with Crippen LogP contribution in [0.15, 0.2) is 129 Å². The molecule has 9 nitrogen and oxygen atoms in total. The van der Waals surface area contributed by atoms with Crippen molar-refractivity contribution >= 4 is 23.4 Å². The van der Waals surface area contributed by atoms with Gasteiger partial charge < -0.3 is 9.84 Å². The second kappa shape index (κ2) is 11.8. The smallest absolute Gasteiger partial charge is 0.368 e. The molecule has 0 aliphatic rings. The Morgan fingerprint density at radius 1 is 0.875 bits per heavy atom. The van der Waals surface area contributed by atoms with Crippen molar-refractivity contribution in [1.82, 2.24) is 9.66 Å². The fourth-order valence-electron chi connectivity index (χ4n) is 3.92. The van der Waals surface area contributed by atoms with Gasteiger partial charge in [0.1, 0.15) is 0 Å². The predicted octanol–water partition coefficient (Wildman–Crippen LogP) is 6.15. The van der Waals surface area contributed by atoms with Gasteiger partial charge in [-0.25, -0.2) is 4.79 Å². The highest BCUT2D eigenvalue weighted by molar-refractivity contribution is 6.12. The number of hydrogen-bond donors (Lipinski definition) is 1. The van der Waals surface area contributed by atoms with E-state index in [1.165, 1.54) is 25.6 Å². The molecule has 1 N–H and O–H groups in total. The Balaban J connectivity index is 1.56. The van der Waals surface area contributed by atoms with Gasteiger partial charge in [-0.05, 0) is 18.2 Å². The van der Waals surface area contributed by atoms with Crippen molar-refractivity contribution in [3.8, 4) is 22.8 Å². The third-order valence-corrected chi connectivity index (χ3v) is 5.91. The lowest BCUT2D eigenvalue weighted by atomic mass is 9.99. The van der Waals surface area contributed by atoms with E-state index in [4.69, 9.17) is 4.74 Å². The fourth-order valence-corrected chi connectivity index (χ4v) is 3.92. The maximum atomic E-state index is 13.5. The number of aromatic hydroxyl groups is 1. The number of carbonyl (C=O) groups is 1. The Morgan fingerprint density at radius 2 is 1.50 bits per heavy atom. The number of methoxy groups -OCH3 is 1. The van der Waals surface area contributed by atoms with E-state index >= 15 is 0 Å². The highest BCUT2D eigenvalue weighted by Crippen LogP contribution is 2.34. The molecule has 0 radical (unpaired) electrons. The van der Waals surface area contributed by atoms with Crippen LogP contribution in [0.3, 0.4) is 0 Å². The van der Waals surface area contributed by atoms with Crippen LogP contribution in [0.25, 0.3) is 11.3 Å². The number of azo groups is 1. The average molecular weight is 530 g/mol. The summed E-state index contributed by atoms with van der Waals surface area (Å²) in [7, 11) is 1.41. The molecule has 40 heavy (non-hydrogen) atoms. The van der Waals surface area contributed by atoms with E-state index in [9.17, 15) is 14.7 Å². The Kier molecular flexibility index (Phi) is 7.64. The Morgan fingerprint density at radius 3 is 2.17 bits per heavy atom. The number of benzene rings is 4. The summed E-state index contributed by atoms with van der Waals surface area (Å²) in [6.45, 7) is 0. The third kappa shape index (κ3) is 5.73. The molecule has 5 aromatic rings. The number of phenolic OH excluding ortho intramolecular Hbond substituents is 1. The molecule has 0 unspecified atom stereocenters. The van der Waals surface area contributed by atoms with Gasteiger partial charge >= 0.3 is 5.69 Å². The zero-order valence-electron chi connectivity index (χ0n) is 21.4. The van der Waals surface area contributed by atoms with Crippen molar-refractivity contribution in [1.29, 1.82) is 0 Å². The summed E-state index contributed by atoms with van der Waals surface area (Å²) < 4.78 is 6.23. The van der Waals surface area contributed by atoms with Crippen molar-refractivity contribution in [3.63, 3.8) is 0 Å². The van der Waals surface area contributed by atoms with Crippen LogP contribution >= 0.6 is 0 Å². The summed E-state index contributed by atoms with van der Waals surface area (Å²) in [5.74, 6) is -0.369. The third-order valence-electron chi connectivity index (χ3n) is 5.91. The topological polar surface area (TPSA) is 119 Å². The van der Waals surface area contributed by atoms with Gasteiger partial charge in [-0.1, -0.05) is 78.9 Å². The molecule has 0 fully saturated rings. The normalized spacial score (nSPS) is 11.2. The van der Waals surface area contributed by atoms with Crippen LogP contribution < -0.4 is 10.4 Å². The van der Waals surface area contributed by atoms with Crippen LogP contribution in [0.2, 0.25) is 0 Å². The second-order valence-electron chi connectivity index (χ2n) is 8.56. The van der Waals surface area contributed by atoms with E-state index < -0.39 is 5.69 Å². The van der Waals surface area contributed by atoms with Crippen LogP contribution in [0, 0.1) is 0 Å². The Bertz CT molecular complexity index is 1770. The van der Waals surface area contributed by atoms with E-state index in [-0.39, 0.29) is 34.1 Å². The number of phenols is 1. The summed E-state index contributed by atoms with van der Waals surface area (Å²) in [4.78, 5) is 30.6. The average Bonchev–Trinajstić information content (AvgIpc) is 3.01. The second-order valence-corrected chi connectivity index (χ2v) is 8.56. The summed E-state index contributed by atoms with van der Waals surface area (Å²) in [5, 5.41) is 23.3. The van der Waals surface area contributed by atoms with Crippen LogP contribution in [0.1, 0.15) is 21.5 Å². The number of ketones is 1. The molecule has 5 rings (SSSR count). The minimum Gasteiger partial charge on any atom is -0.504 e. The zero-order valence-corrected chi connectivity index (χ0v) is 21.4. The molecule has 0 amide bonds. The van der Waals surface area contributed by atoms with Crippen molar-refractivity contribution < 1.29 is 14.6 Å². The number of ether oxygens (including phenoxy) is 1. The predicted molar refractivity (Wildman–Crippen MR) is 152 cm³/mol. The molecule has 0 bridgehead atoms. The van der Waals surface area contributed by atoms with E-state index in [1.54, 1.807) is 66.7 Å². The van der Waals surface area contributed by atoms with E-state index in [0.29, 0.717) is 22.5 Å². The van der Waals surface area contributed by atoms with Gasteiger partial charge in [0.2, 0.25) is 0 Å². The molecular formula is C31H23N5O4. The van der Waals surface area contributed by atoms with E-state index in [1.807, 2.05) is 30.3 Å². The Hall–Kier alpha value is -5.70. The first-order valence-corrected chi connectivity index (χ1v) is 12.2. The first-order valence-electron chi connectivity index (χ1n) is 12.2. The van der Waals surface area contributed by atoms with Gasteiger partial charge in [0.25, 0.3) is 0 Å². The Labute approximate surface area is 229 Å². The molecular weight excluding hydrogens is 506 g/mol. The minimum absolute atomic E-state index is 0.149. The molecule has 196 valence electrons. The lowest BCUT2D eigenvalue weighted by Crippen LogP contribution is -2.23. The molecule has 0 aliphatic carbocycles. The maximum Gasteiger partial charge on any atom is 0.368 e. The number of rotatable bonds is 8. The summed E-state index contributed by atoms with van der Waals surface area (Å²) in [5.41, 5.74) is 2.06. The first kappa shape index (κ1) is 25.9. The monoisotopic (exact) mass is 529 g/mol. The molecule has 0 aliphatic heterocycles. The molecule has 1 heterocycles. The van der Waals surface area contributed by atoms with E-state index in [0.717, 1.165) is 4.68 Å². The quantitative estimate of drug-likeness (QED) is 0.147. The fraction of sp³-hybridized carbons (Fsp3) is 0.0323. The molecule has 4 aromatic carbocycles. The largest absolute Gasteiger partial charge is 0.504 e. The van der Waals surface area contributed by atoms with Gasteiger partial charge in [-0.2, -0.15) is 25.0 Å². The summed E-state index contributed by atoms with van der Waals surface area (Å²) in [6.07, 6.45) is 2.61. The van der Waals surface area contributed by atoms with Crippen molar-refractivity contribution in [2.45, 2.75) is 0 Å². The number of carbonyl (C=O) groups excluding carboxylic acids is 1. The summed E-state index contributed by atoms with van der Waals surface area (Å²) in [6, 6.07) is 29.9. The SMILES string of the molecule is COc1cc(N=Nc2ccccc2)cc(/C=N/n2cc(C(=O)c3ccccc3)c(-c3ccccc3)nc2=O)c1O. The lowest BCUT2D eigenvalue weighted by Gasteiger charge is -2.10. The molecule has 9 heteroatoms. The van der Waals surface area contributed by atoms with Crippen LogP contribution in [-0.4, -0.2) is 33.9 Å². The minimum atomic E-state index is -0.703. The molecule has 0 saturated heterocycles. The highest BCUT2D eigenvalue weighted by atomic mass is 16.5. The maximum absolute atomic E-state index is 13.5. The van der Waals surface area contributed by atoms with Crippen molar-refractivity contribution in [2.24, 2.45) is 15.3 Å². The zero-order chi connectivity index (χ0) is 27.9. The van der Waals surface area contributed by atoms with Gasteiger partial charge in [-0.15, -0.1) is 0 Å². The van der Waals surface area contributed by atoms with Gasteiger partial charge in [0, 0.05) is 29.0 Å². The van der Waals surface area contributed by atoms with Gasteiger partial charge in [-0.3, -0.25) is 4.79 Å². The van der Waals surface area contributed by atoms with Crippen LogP contribution in [0.5, 0.6) is 11.5 Å². The number of nitrogens with zero attached hydrogens (tertiary/aromatic N) is 5. The molecule has 0 atom stereocenters. The molecule has 1 aromatic heterocycles. The van der Waals surface area contributed by atoms with Crippen molar-refractivity contribution in [2.75, 3.05) is 7.11 Å². The number of hydrogen-bond acceptors (Lipinski definition) is 8. The molecule has 0 spiro atoms. The molecule has 0 saturated carbocycles. The number of aromatic nitrogens is 2. The first-order chi connectivity index (χ1) is 19.5. The van der Waals surface area contributed by atoms with Crippen LogP contribution in [0.4, 0.5) is 11.4 Å². The summed E-state index contributed by atoms with van der Waals surface area (Å²) >= 11 is 0. The van der Waals surface area contributed by atoms with E-state index in [2.05, 4.69) is 20.3 Å². The van der Waals surface area contributed by atoms with Crippen molar-refractivity contribution in [3.05, 3.63) is 136 Å². The lowest BCUT2D eigenvalue weighted by molar-refractivity contribution is 0.103. The van der Waals surface area contributed by atoms with Crippen LogP contribution in [-0.2, 0) is 0 Å². The van der Waals surface area contributed by atoms with Gasteiger partial charge in [0.05, 0.1) is 36.0 Å². The van der Waals surface area contributed by atoms with Gasteiger partial charge in [0.15, 0.2) is 17.3 Å². The standard InChI is InChI=1S/C31H23N5O4/c1-40-27-18-25(35-34-24-15-9-4-10-16-24)17-23(30(27)38)19-32-36-20-26(29(37)22-13-7-3-8-14-22)28(33-31(36)39)21-11-5-2-6-12-21/h2-20,38H,1H3/b32-19+,35-34?.